The van der Waals surface area contributed by atoms with E-state index in [1.54, 1.807) is 12.1 Å². The molecule has 0 amide bonds. The molecule has 0 aromatic heterocycles. The molecule has 1 aromatic carbocycles. The minimum absolute atomic E-state index is 0.482. The summed E-state index contributed by atoms with van der Waals surface area (Å²) in [4.78, 5) is 2.22. The lowest BCUT2D eigenvalue weighted by Crippen LogP contribution is -2.34. The van der Waals surface area contributed by atoms with Gasteiger partial charge in [-0.05, 0) is 50.4 Å². The van der Waals surface area contributed by atoms with E-state index in [9.17, 15) is 5.11 Å². The van der Waals surface area contributed by atoms with Gasteiger partial charge in [-0.3, -0.25) is 0 Å². The maximum atomic E-state index is 10.2. The minimum atomic E-state index is -0.482. The molecular formula is C15H20N2O. The average molecular weight is 244 g/mol. The number of hydrogen-bond donors (Lipinski definition) is 1. The van der Waals surface area contributed by atoms with Crippen LogP contribution in [0.15, 0.2) is 24.3 Å². The highest BCUT2D eigenvalue weighted by Gasteiger charge is 2.31. The molecule has 1 aromatic rings. The van der Waals surface area contributed by atoms with E-state index >= 15 is 0 Å². The summed E-state index contributed by atoms with van der Waals surface area (Å²) in [6.07, 6.45) is 2.15. The van der Waals surface area contributed by atoms with Gasteiger partial charge in [-0.1, -0.05) is 12.1 Å². The predicted molar refractivity (Wildman–Crippen MR) is 70.9 cm³/mol. The first-order valence-corrected chi connectivity index (χ1v) is 6.50. The van der Waals surface area contributed by atoms with Gasteiger partial charge in [-0.15, -0.1) is 0 Å². The van der Waals surface area contributed by atoms with Gasteiger partial charge in [0.15, 0.2) is 0 Å². The molecule has 0 heterocycles. The zero-order valence-electron chi connectivity index (χ0n) is 11.0. The standard InChI is InChI=1S/C15H20N2O/c1-11(13-7-8-13)17(2)10-15(18)14-5-3-12(9-16)4-6-14/h3-6,11,13,15,18H,7-8,10H2,1-2H3. The van der Waals surface area contributed by atoms with Gasteiger partial charge in [-0.2, -0.15) is 5.26 Å². The zero-order chi connectivity index (χ0) is 13.1. The maximum absolute atomic E-state index is 10.2. The molecular weight excluding hydrogens is 224 g/mol. The minimum Gasteiger partial charge on any atom is -0.387 e. The van der Waals surface area contributed by atoms with Gasteiger partial charge < -0.3 is 10.0 Å². The van der Waals surface area contributed by atoms with Gasteiger partial charge >= 0.3 is 0 Å². The number of rotatable bonds is 5. The van der Waals surface area contributed by atoms with E-state index in [0.29, 0.717) is 18.2 Å². The summed E-state index contributed by atoms with van der Waals surface area (Å²) in [6, 6.07) is 9.79. The molecule has 1 N–H and O–H groups in total. The first kappa shape index (κ1) is 13.1. The predicted octanol–water partition coefficient (Wildman–Crippen LogP) is 2.32. The topological polar surface area (TPSA) is 47.3 Å². The van der Waals surface area contributed by atoms with E-state index in [1.807, 2.05) is 12.1 Å². The van der Waals surface area contributed by atoms with Crippen molar-refractivity contribution >= 4 is 0 Å². The fraction of sp³-hybridized carbons (Fsp3) is 0.533. The number of likely N-dealkylation sites (N-methyl/N-ethyl adjacent to an activating group) is 1. The molecule has 1 aliphatic rings. The highest BCUT2D eigenvalue weighted by atomic mass is 16.3. The second-order valence-electron chi connectivity index (χ2n) is 5.27. The molecule has 2 atom stereocenters. The third-order valence-electron chi connectivity index (χ3n) is 3.88. The number of aliphatic hydroxyl groups is 1. The van der Waals surface area contributed by atoms with Crippen LogP contribution in [0.25, 0.3) is 0 Å². The van der Waals surface area contributed by atoms with Crippen LogP contribution in [-0.4, -0.2) is 29.6 Å². The lowest BCUT2D eigenvalue weighted by molar-refractivity contribution is 0.103. The van der Waals surface area contributed by atoms with Crippen molar-refractivity contribution in [2.24, 2.45) is 5.92 Å². The normalized spacial score (nSPS) is 18.4. The molecule has 0 radical (unpaired) electrons. The van der Waals surface area contributed by atoms with Gasteiger partial charge in [0, 0.05) is 12.6 Å². The summed E-state index contributed by atoms with van der Waals surface area (Å²) in [6.45, 7) is 2.87. The van der Waals surface area contributed by atoms with Crippen LogP contribution in [-0.2, 0) is 0 Å². The van der Waals surface area contributed by atoms with Crippen molar-refractivity contribution in [3.05, 3.63) is 35.4 Å². The summed E-state index contributed by atoms with van der Waals surface area (Å²) in [5.41, 5.74) is 1.51. The van der Waals surface area contributed by atoms with E-state index in [2.05, 4.69) is 24.9 Å². The molecule has 0 aliphatic heterocycles. The van der Waals surface area contributed by atoms with Crippen molar-refractivity contribution in [1.29, 1.82) is 5.26 Å². The summed E-state index contributed by atoms with van der Waals surface area (Å²) in [7, 11) is 2.07. The monoisotopic (exact) mass is 244 g/mol. The second kappa shape index (κ2) is 5.51. The molecule has 2 rings (SSSR count). The summed E-state index contributed by atoms with van der Waals surface area (Å²) < 4.78 is 0. The van der Waals surface area contributed by atoms with Gasteiger partial charge in [-0.25, -0.2) is 0 Å². The van der Waals surface area contributed by atoms with Crippen LogP contribution in [0.3, 0.4) is 0 Å². The molecule has 2 unspecified atom stereocenters. The SMILES string of the molecule is CC(C1CC1)N(C)CC(O)c1ccc(C#N)cc1. The van der Waals surface area contributed by atoms with Gasteiger partial charge in [0.1, 0.15) is 0 Å². The molecule has 1 aliphatic carbocycles. The Morgan fingerprint density at radius 3 is 2.50 bits per heavy atom. The van der Waals surface area contributed by atoms with Crippen LogP contribution in [0.1, 0.15) is 37.0 Å². The first-order chi connectivity index (χ1) is 8.61. The van der Waals surface area contributed by atoms with Gasteiger partial charge in [0.2, 0.25) is 0 Å². The molecule has 0 bridgehead atoms. The average Bonchev–Trinajstić information content (AvgIpc) is 3.22. The molecule has 0 saturated heterocycles. The zero-order valence-corrected chi connectivity index (χ0v) is 11.0. The third kappa shape index (κ3) is 3.10. The smallest absolute Gasteiger partial charge is 0.0991 e. The van der Waals surface area contributed by atoms with E-state index in [-0.39, 0.29) is 0 Å². The Balaban J connectivity index is 1.93. The third-order valence-corrected chi connectivity index (χ3v) is 3.88. The van der Waals surface area contributed by atoms with E-state index in [4.69, 9.17) is 5.26 Å². The van der Waals surface area contributed by atoms with Crippen molar-refractivity contribution in [2.75, 3.05) is 13.6 Å². The Hall–Kier alpha value is -1.37. The van der Waals surface area contributed by atoms with Crippen LogP contribution in [0.4, 0.5) is 0 Å². The fourth-order valence-corrected chi connectivity index (χ4v) is 2.26. The van der Waals surface area contributed by atoms with Gasteiger partial charge in [0.25, 0.3) is 0 Å². The van der Waals surface area contributed by atoms with Crippen LogP contribution in [0.2, 0.25) is 0 Å². The largest absolute Gasteiger partial charge is 0.387 e. The van der Waals surface area contributed by atoms with Crippen molar-refractivity contribution in [1.82, 2.24) is 4.90 Å². The van der Waals surface area contributed by atoms with E-state index in [0.717, 1.165) is 11.5 Å². The summed E-state index contributed by atoms with van der Waals surface area (Å²) >= 11 is 0. The number of nitrogens with zero attached hydrogens (tertiary/aromatic N) is 2. The van der Waals surface area contributed by atoms with Crippen LogP contribution >= 0.6 is 0 Å². The number of benzene rings is 1. The maximum Gasteiger partial charge on any atom is 0.0991 e. The summed E-state index contributed by atoms with van der Waals surface area (Å²) in [5, 5.41) is 18.9. The Morgan fingerprint density at radius 1 is 1.39 bits per heavy atom. The van der Waals surface area contributed by atoms with Crippen LogP contribution in [0.5, 0.6) is 0 Å². The van der Waals surface area contributed by atoms with Gasteiger partial charge in [0.05, 0.1) is 17.7 Å². The summed E-state index contributed by atoms with van der Waals surface area (Å²) in [5.74, 6) is 0.808. The number of nitriles is 1. The van der Waals surface area contributed by atoms with Crippen LogP contribution in [0, 0.1) is 17.2 Å². The van der Waals surface area contributed by atoms with Crippen molar-refractivity contribution in [3.63, 3.8) is 0 Å². The Kier molecular flexibility index (Phi) is 4.00. The second-order valence-corrected chi connectivity index (χ2v) is 5.27. The number of aliphatic hydroxyl groups excluding tert-OH is 1. The molecule has 3 nitrogen and oxygen atoms in total. The first-order valence-electron chi connectivity index (χ1n) is 6.50. The highest BCUT2D eigenvalue weighted by molar-refractivity contribution is 5.32. The molecule has 18 heavy (non-hydrogen) atoms. The van der Waals surface area contributed by atoms with E-state index in [1.165, 1.54) is 12.8 Å². The lowest BCUT2D eigenvalue weighted by atomic mass is 10.1. The molecule has 1 saturated carbocycles. The van der Waals surface area contributed by atoms with E-state index < -0.39 is 6.10 Å². The molecule has 96 valence electrons. The van der Waals surface area contributed by atoms with Crippen molar-refractivity contribution in [2.45, 2.75) is 31.9 Å². The van der Waals surface area contributed by atoms with Crippen molar-refractivity contribution < 1.29 is 5.11 Å². The quantitative estimate of drug-likeness (QED) is 0.864. The molecule has 3 heteroatoms. The van der Waals surface area contributed by atoms with Crippen molar-refractivity contribution in [3.8, 4) is 6.07 Å². The fourth-order valence-electron chi connectivity index (χ4n) is 2.26. The molecule has 0 spiro atoms. The Labute approximate surface area is 109 Å². The van der Waals surface area contributed by atoms with Crippen LogP contribution < -0.4 is 0 Å². The number of hydrogen-bond acceptors (Lipinski definition) is 3. The highest BCUT2D eigenvalue weighted by Crippen LogP contribution is 2.35. The lowest BCUT2D eigenvalue weighted by Gasteiger charge is -2.27. The Bertz CT molecular complexity index is 431. The molecule has 1 fully saturated rings. The Morgan fingerprint density at radius 2 is 2.00 bits per heavy atom.